The summed E-state index contributed by atoms with van der Waals surface area (Å²) in [6.07, 6.45) is -3.05. The van der Waals surface area contributed by atoms with E-state index in [1.807, 2.05) is 0 Å². The monoisotopic (exact) mass is 386 g/mol. The van der Waals surface area contributed by atoms with Crippen molar-refractivity contribution >= 4 is 17.9 Å². The number of rotatable bonds is 5. The Bertz CT molecular complexity index is 711. The van der Waals surface area contributed by atoms with Crippen LogP contribution < -0.4 is 9.47 Å². The molecule has 0 atom stereocenters. The fourth-order valence-corrected chi connectivity index (χ4v) is 2.70. The topological polar surface area (TPSA) is 59.1 Å². The summed E-state index contributed by atoms with van der Waals surface area (Å²) >= 11 is 0. The molecule has 0 radical (unpaired) electrons. The molecular weight excluding hydrogens is 365 g/mol. The van der Waals surface area contributed by atoms with Gasteiger partial charge in [0, 0.05) is 37.8 Å². The highest BCUT2D eigenvalue weighted by Crippen LogP contribution is 2.25. The van der Waals surface area contributed by atoms with Gasteiger partial charge in [0.15, 0.2) is 0 Å². The number of hydrogen-bond donors (Lipinski definition) is 0. The predicted octanol–water partition coefficient (Wildman–Crippen LogP) is 2.34. The molecular formula is C18H21F3N2O4. The molecule has 27 heavy (non-hydrogen) atoms. The van der Waals surface area contributed by atoms with Crippen LogP contribution in [0.5, 0.6) is 11.5 Å². The summed E-state index contributed by atoms with van der Waals surface area (Å²) in [7, 11) is 3.04. The van der Waals surface area contributed by atoms with Crippen LogP contribution in [0.3, 0.4) is 0 Å². The van der Waals surface area contributed by atoms with Gasteiger partial charge in [0.2, 0.25) is 11.8 Å². The molecule has 1 aromatic rings. The molecule has 1 aromatic carbocycles. The number of benzene rings is 1. The Morgan fingerprint density at radius 2 is 1.70 bits per heavy atom. The Kier molecular flexibility index (Phi) is 6.70. The highest BCUT2D eigenvalue weighted by atomic mass is 19.4. The zero-order chi connectivity index (χ0) is 20.0. The second kappa shape index (κ2) is 8.79. The number of carbonyl (C=O) groups is 2. The van der Waals surface area contributed by atoms with E-state index in [4.69, 9.17) is 9.47 Å². The zero-order valence-corrected chi connectivity index (χ0v) is 15.1. The van der Waals surface area contributed by atoms with Gasteiger partial charge in [-0.2, -0.15) is 13.2 Å². The molecule has 0 bridgehead atoms. The maximum absolute atomic E-state index is 12.3. The summed E-state index contributed by atoms with van der Waals surface area (Å²) in [6.45, 7) is 0.526. The first kappa shape index (κ1) is 20.6. The zero-order valence-electron chi connectivity index (χ0n) is 15.1. The quantitative estimate of drug-likeness (QED) is 0.729. The van der Waals surface area contributed by atoms with Crippen molar-refractivity contribution in [3.63, 3.8) is 0 Å². The van der Waals surface area contributed by atoms with Crippen LogP contribution in [0.25, 0.3) is 6.08 Å². The molecule has 1 fully saturated rings. The van der Waals surface area contributed by atoms with Gasteiger partial charge in [-0.3, -0.25) is 9.59 Å². The van der Waals surface area contributed by atoms with Gasteiger partial charge >= 0.3 is 6.18 Å². The van der Waals surface area contributed by atoms with Crippen LogP contribution in [0, 0.1) is 0 Å². The van der Waals surface area contributed by atoms with Crippen LogP contribution in [0.4, 0.5) is 13.2 Å². The van der Waals surface area contributed by atoms with Gasteiger partial charge in [-0.1, -0.05) is 0 Å². The van der Waals surface area contributed by atoms with Gasteiger partial charge in [-0.05, 0) is 24.3 Å². The number of alkyl halides is 3. The summed E-state index contributed by atoms with van der Waals surface area (Å²) in [6, 6.07) is 5.17. The van der Waals surface area contributed by atoms with Crippen LogP contribution in [-0.4, -0.2) is 68.2 Å². The van der Waals surface area contributed by atoms with Crippen LogP contribution in [0.2, 0.25) is 0 Å². The second-order valence-corrected chi connectivity index (χ2v) is 5.94. The number of ether oxygens (including phenoxy) is 2. The number of methoxy groups -OCH3 is 2. The Labute approximate surface area is 155 Å². The van der Waals surface area contributed by atoms with Crippen molar-refractivity contribution in [3.8, 4) is 11.5 Å². The highest BCUT2D eigenvalue weighted by Gasteiger charge is 2.34. The van der Waals surface area contributed by atoms with Crippen molar-refractivity contribution in [2.75, 3.05) is 40.4 Å². The van der Waals surface area contributed by atoms with Gasteiger partial charge < -0.3 is 19.3 Å². The van der Waals surface area contributed by atoms with E-state index < -0.39 is 18.5 Å². The molecule has 0 saturated carbocycles. The molecule has 9 heteroatoms. The molecule has 1 aliphatic rings. The molecule has 2 rings (SSSR count). The van der Waals surface area contributed by atoms with E-state index in [9.17, 15) is 22.8 Å². The van der Waals surface area contributed by atoms with Crippen LogP contribution in [0.1, 0.15) is 12.0 Å². The third-order valence-corrected chi connectivity index (χ3v) is 4.14. The first-order valence-electron chi connectivity index (χ1n) is 8.27. The highest BCUT2D eigenvalue weighted by molar-refractivity contribution is 5.92. The SMILES string of the molecule is COc1ccc(OC)c(C=CC(=O)N2CCN(C(=O)CC(F)(F)F)CC2)c1. The molecule has 1 aliphatic heterocycles. The van der Waals surface area contributed by atoms with Crippen LogP contribution in [-0.2, 0) is 9.59 Å². The van der Waals surface area contributed by atoms with Crippen molar-refractivity contribution in [2.45, 2.75) is 12.6 Å². The fraction of sp³-hybridized carbons (Fsp3) is 0.444. The number of amides is 2. The average Bonchev–Trinajstić information content (AvgIpc) is 2.64. The first-order chi connectivity index (χ1) is 12.7. The van der Waals surface area contributed by atoms with Crippen molar-refractivity contribution in [2.24, 2.45) is 0 Å². The molecule has 0 N–H and O–H groups in total. The van der Waals surface area contributed by atoms with E-state index in [1.54, 1.807) is 24.3 Å². The molecule has 0 unspecified atom stereocenters. The minimum Gasteiger partial charge on any atom is -0.497 e. The largest absolute Gasteiger partial charge is 0.497 e. The number of hydrogen-bond acceptors (Lipinski definition) is 4. The summed E-state index contributed by atoms with van der Waals surface area (Å²) in [5.74, 6) is -0.0730. The van der Waals surface area contributed by atoms with E-state index in [0.717, 1.165) is 4.90 Å². The minimum absolute atomic E-state index is 0.0803. The number of carbonyl (C=O) groups excluding carboxylic acids is 2. The first-order valence-corrected chi connectivity index (χ1v) is 8.27. The Morgan fingerprint density at radius 3 is 2.26 bits per heavy atom. The maximum Gasteiger partial charge on any atom is 0.397 e. The molecule has 148 valence electrons. The van der Waals surface area contributed by atoms with Gasteiger partial charge in [-0.25, -0.2) is 0 Å². The molecule has 2 amide bonds. The Hall–Kier alpha value is -2.71. The third kappa shape index (κ3) is 5.90. The average molecular weight is 386 g/mol. The van der Waals surface area contributed by atoms with E-state index in [2.05, 4.69) is 0 Å². The number of nitrogens with zero attached hydrogens (tertiary/aromatic N) is 2. The van der Waals surface area contributed by atoms with E-state index in [-0.39, 0.29) is 32.1 Å². The number of halogens is 3. The van der Waals surface area contributed by atoms with Gasteiger partial charge in [0.1, 0.15) is 17.9 Å². The van der Waals surface area contributed by atoms with Gasteiger partial charge in [0.25, 0.3) is 0 Å². The maximum atomic E-state index is 12.3. The van der Waals surface area contributed by atoms with Crippen molar-refractivity contribution in [1.82, 2.24) is 9.80 Å². The molecule has 6 nitrogen and oxygen atoms in total. The fourth-order valence-electron chi connectivity index (χ4n) is 2.70. The van der Waals surface area contributed by atoms with Crippen molar-refractivity contribution < 1.29 is 32.2 Å². The third-order valence-electron chi connectivity index (χ3n) is 4.14. The lowest BCUT2D eigenvalue weighted by atomic mass is 10.1. The smallest absolute Gasteiger partial charge is 0.397 e. The van der Waals surface area contributed by atoms with Crippen LogP contribution in [0.15, 0.2) is 24.3 Å². The summed E-state index contributed by atoms with van der Waals surface area (Å²) < 4.78 is 47.3. The van der Waals surface area contributed by atoms with E-state index in [1.165, 1.54) is 25.2 Å². The normalized spacial score (nSPS) is 15.1. The van der Waals surface area contributed by atoms with E-state index >= 15 is 0 Å². The predicted molar refractivity (Wildman–Crippen MR) is 92.4 cm³/mol. The molecule has 0 aromatic heterocycles. The standard InChI is InChI=1S/C18H21F3N2O4/c1-26-14-4-5-15(27-2)13(11-14)3-6-16(24)22-7-9-23(10-8-22)17(25)12-18(19,20)21/h3-6,11H,7-10,12H2,1-2H3. The lowest BCUT2D eigenvalue weighted by molar-refractivity contribution is -0.163. The van der Waals surface area contributed by atoms with Crippen LogP contribution >= 0.6 is 0 Å². The molecule has 0 spiro atoms. The number of piperazine rings is 1. The van der Waals surface area contributed by atoms with Gasteiger partial charge in [0.05, 0.1) is 14.2 Å². The van der Waals surface area contributed by atoms with Gasteiger partial charge in [-0.15, -0.1) is 0 Å². The molecule has 1 heterocycles. The lowest BCUT2D eigenvalue weighted by Gasteiger charge is -2.34. The Morgan fingerprint density at radius 1 is 1.07 bits per heavy atom. The summed E-state index contributed by atoms with van der Waals surface area (Å²) in [5.41, 5.74) is 0.657. The second-order valence-electron chi connectivity index (χ2n) is 5.94. The lowest BCUT2D eigenvalue weighted by Crippen LogP contribution is -2.50. The summed E-state index contributed by atoms with van der Waals surface area (Å²) in [5, 5.41) is 0. The Balaban J connectivity index is 1.95. The molecule has 0 aliphatic carbocycles. The molecule has 1 saturated heterocycles. The minimum atomic E-state index is -4.53. The van der Waals surface area contributed by atoms with Crippen molar-refractivity contribution in [3.05, 3.63) is 29.8 Å². The summed E-state index contributed by atoms with van der Waals surface area (Å²) in [4.78, 5) is 26.5. The van der Waals surface area contributed by atoms with Crippen molar-refractivity contribution in [1.29, 1.82) is 0 Å². The van der Waals surface area contributed by atoms with E-state index in [0.29, 0.717) is 17.1 Å².